The molecular weight excluding hydrogens is 228 g/mol. The third-order valence-corrected chi connectivity index (χ3v) is 1.79. The molecule has 100 valence electrons. The largest absolute Gasteiger partial charge is 0.467 e. The SMILES string of the molecule is COC(=O)C(O)CC(O)CC(=O)OC(C)(C)C. The first kappa shape index (κ1) is 15.9. The van der Waals surface area contributed by atoms with E-state index in [1.165, 1.54) is 0 Å². The van der Waals surface area contributed by atoms with Gasteiger partial charge in [-0.3, -0.25) is 4.79 Å². The number of hydrogen-bond donors (Lipinski definition) is 2. The Kier molecular flexibility index (Phi) is 6.12. The molecule has 2 atom stereocenters. The van der Waals surface area contributed by atoms with Gasteiger partial charge in [-0.05, 0) is 20.8 Å². The summed E-state index contributed by atoms with van der Waals surface area (Å²) >= 11 is 0. The Morgan fingerprint density at radius 1 is 1.24 bits per heavy atom. The lowest BCUT2D eigenvalue weighted by molar-refractivity contribution is -0.159. The molecule has 17 heavy (non-hydrogen) atoms. The van der Waals surface area contributed by atoms with Crippen molar-refractivity contribution in [1.82, 2.24) is 0 Å². The molecular formula is C11H20O6. The van der Waals surface area contributed by atoms with Crippen LogP contribution in [-0.4, -0.2) is 47.1 Å². The van der Waals surface area contributed by atoms with E-state index in [1.807, 2.05) is 0 Å². The van der Waals surface area contributed by atoms with E-state index in [-0.39, 0.29) is 12.8 Å². The number of carbonyl (C=O) groups excluding carboxylic acids is 2. The highest BCUT2D eigenvalue weighted by atomic mass is 16.6. The summed E-state index contributed by atoms with van der Waals surface area (Å²) in [6, 6.07) is 0. The molecule has 0 rings (SSSR count). The number of methoxy groups -OCH3 is 1. The fourth-order valence-corrected chi connectivity index (χ4v) is 1.15. The first-order valence-corrected chi connectivity index (χ1v) is 5.31. The molecule has 0 aliphatic rings. The van der Waals surface area contributed by atoms with Crippen molar-refractivity contribution in [2.45, 2.75) is 51.4 Å². The van der Waals surface area contributed by atoms with Gasteiger partial charge in [0.2, 0.25) is 0 Å². The maximum Gasteiger partial charge on any atom is 0.334 e. The molecule has 2 unspecified atom stereocenters. The van der Waals surface area contributed by atoms with Crippen LogP contribution in [-0.2, 0) is 19.1 Å². The number of ether oxygens (including phenoxy) is 2. The zero-order valence-corrected chi connectivity index (χ0v) is 10.6. The van der Waals surface area contributed by atoms with Gasteiger partial charge in [-0.1, -0.05) is 0 Å². The second kappa shape index (κ2) is 6.56. The lowest BCUT2D eigenvalue weighted by atomic mass is 10.1. The van der Waals surface area contributed by atoms with Gasteiger partial charge in [0.25, 0.3) is 0 Å². The molecule has 0 radical (unpaired) electrons. The average Bonchev–Trinajstić information content (AvgIpc) is 2.12. The lowest BCUT2D eigenvalue weighted by Crippen LogP contribution is -2.30. The Bertz CT molecular complexity index is 268. The van der Waals surface area contributed by atoms with E-state index < -0.39 is 29.7 Å². The Balaban J connectivity index is 4.06. The Hall–Kier alpha value is -1.14. The Morgan fingerprint density at radius 3 is 2.18 bits per heavy atom. The summed E-state index contributed by atoms with van der Waals surface area (Å²) in [5.41, 5.74) is -0.627. The second-order valence-corrected chi connectivity index (χ2v) is 4.72. The molecule has 0 aliphatic carbocycles. The van der Waals surface area contributed by atoms with Crippen LogP contribution in [0, 0.1) is 0 Å². The maximum atomic E-state index is 11.3. The van der Waals surface area contributed by atoms with E-state index in [9.17, 15) is 19.8 Å². The van der Waals surface area contributed by atoms with E-state index >= 15 is 0 Å². The fraction of sp³-hybridized carbons (Fsp3) is 0.818. The number of esters is 2. The molecule has 0 saturated heterocycles. The van der Waals surface area contributed by atoms with Gasteiger partial charge >= 0.3 is 11.9 Å². The maximum absolute atomic E-state index is 11.3. The van der Waals surface area contributed by atoms with Gasteiger partial charge in [0.1, 0.15) is 5.60 Å². The van der Waals surface area contributed by atoms with Gasteiger partial charge in [-0.2, -0.15) is 0 Å². The van der Waals surface area contributed by atoms with Crippen LogP contribution in [0.3, 0.4) is 0 Å². The van der Waals surface area contributed by atoms with Gasteiger partial charge in [0.15, 0.2) is 6.10 Å². The van der Waals surface area contributed by atoms with Gasteiger partial charge in [0, 0.05) is 6.42 Å². The second-order valence-electron chi connectivity index (χ2n) is 4.72. The molecule has 0 amide bonds. The monoisotopic (exact) mass is 248 g/mol. The van der Waals surface area contributed by atoms with Crippen LogP contribution in [0.2, 0.25) is 0 Å². The van der Waals surface area contributed by atoms with Gasteiger partial charge in [-0.25, -0.2) is 4.79 Å². The van der Waals surface area contributed by atoms with Crippen molar-refractivity contribution >= 4 is 11.9 Å². The van der Waals surface area contributed by atoms with Gasteiger partial charge < -0.3 is 19.7 Å². The molecule has 0 aliphatic heterocycles. The molecule has 0 bridgehead atoms. The summed E-state index contributed by atoms with van der Waals surface area (Å²) in [6.07, 6.45) is -3.10. The van der Waals surface area contributed by atoms with E-state index in [2.05, 4.69) is 4.74 Å². The highest BCUT2D eigenvalue weighted by Crippen LogP contribution is 2.11. The van der Waals surface area contributed by atoms with Crippen molar-refractivity contribution in [2.24, 2.45) is 0 Å². The number of hydrogen-bond acceptors (Lipinski definition) is 6. The van der Waals surface area contributed by atoms with Crippen LogP contribution in [0.15, 0.2) is 0 Å². The molecule has 2 N–H and O–H groups in total. The van der Waals surface area contributed by atoms with Crippen molar-refractivity contribution in [1.29, 1.82) is 0 Å². The highest BCUT2D eigenvalue weighted by molar-refractivity contribution is 5.74. The molecule has 6 nitrogen and oxygen atoms in total. The topological polar surface area (TPSA) is 93.1 Å². The Labute approximate surface area is 101 Å². The summed E-state index contributed by atoms with van der Waals surface area (Å²) in [5.74, 6) is -1.42. The third-order valence-electron chi connectivity index (χ3n) is 1.79. The Morgan fingerprint density at radius 2 is 1.76 bits per heavy atom. The molecule has 0 spiro atoms. The van der Waals surface area contributed by atoms with Crippen molar-refractivity contribution in [3.05, 3.63) is 0 Å². The predicted octanol–water partition coefficient (Wildman–Crippen LogP) is 0.00310. The van der Waals surface area contributed by atoms with Crippen molar-refractivity contribution in [2.75, 3.05) is 7.11 Å². The molecule has 0 heterocycles. The minimum atomic E-state index is -1.43. The van der Waals surface area contributed by atoms with Gasteiger partial charge in [-0.15, -0.1) is 0 Å². The summed E-state index contributed by atoms with van der Waals surface area (Å²) in [5, 5.41) is 18.7. The van der Waals surface area contributed by atoms with Crippen LogP contribution in [0.4, 0.5) is 0 Å². The summed E-state index contributed by atoms with van der Waals surface area (Å²) in [6.45, 7) is 5.13. The highest BCUT2D eigenvalue weighted by Gasteiger charge is 2.24. The van der Waals surface area contributed by atoms with Crippen molar-refractivity contribution in [3.8, 4) is 0 Å². The zero-order valence-electron chi connectivity index (χ0n) is 10.6. The average molecular weight is 248 g/mol. The van der Waals surface area contributed by atoms with Crippen LogP contribution in [0.5, 0.6) is 0 Å². The zero-order chi connectivity index (χ0) is 13.6. The fourth-order valence-electron chi connectivity index (χ4n) is 1.15. The first-order valence-electron chi connectivity index (χ1n) is 5.31. The minimum Gasteiger partial charge on any atom is -0.467 e. The van der Waals surface area contributed by atoms with E-state index in [1.54, 1.807) is 20.8 Å². The third kappa shape index (κ3) is 7.70. The molecule has 0 aromatic heterocycles. The van der Waals surface area contributed by atoms with E-state index in [0.29, 0.717) is 0 Å². The molecule has 0 saturated carbocycles. The van der Waals surface area contributed by atoms with Crippen molar-refractivity contribution in [3.63, 3.8) is 0 Å². The molecule has 0 fully saturated rings. The van der Waals surface area contributed by atoms with Crippen molar-refractivity contribution < 1.29 is 29.3 Å². The van der Waals surface area contributed by atoms with E-state index in [4.69, 9.17) is 4.74 Å². The standard InChI is InChI=1S/C11H20O6/c1-11(2,3)17-9(14)6-7(12)5-8(13)10(15)16-4/h7-8,12-13H,5-6H2,1-4H3. The van der Waals surface area contributed by atoms with E-state index in [0.717, 1.165) is 7.11 Å². The number of aliphatic hydroxyl groups excluding tert-OH is 2. The summed E-state index contributed by atoms with van der Waals surface area (Å²) < 4.78 is 9.26. The smallest absolute Gasteiger partial charge is 0.334 e. The number of aliphatic hydroxyl groups is 2. The number of rotatable bonds is 5. The van der Waals surface area contributed by atoms with Crippen LogP contribution in [0.25, 0.3) is 0 Å². The normalized spacial score (nSPS) is 14.9. The summed E-state index contributed by atoms with van der Waals surface area (Å²) in [7, 11) is 1.13. The summed E-state index contributed by atoms with van der Waals surface area (Å²) in [4.78, 5) is 22.2. The lowest BCUT2D eigenvalue weighted by Gasteiger charge is -2.21. The molecule has 0 aromatic carbocycles. The van der Waals surface area contributed by atoms with Crippen LogP contribution in [0.1, 0.15) is 33.6 Å². The van der Waals surface area contributed by atoms with Crippen LogP contribution >= 0.6 is 0 Å². The van der Waals surface area contributed by atoms with Gasteiger partial charge in [0.05, 0.1) is 19.6 Å². The molecule has 0 aromatic rings. The van der Waals surface area contributed by atoms with Crippen LogP contribution < -0.4 is 0 Å². The minimum absolute atomic E-state index is 0.258. The number of carbonyl (C=O) groups is 2. The predicted molar refractivity (Wildman–Crippen MR) is 59.1 cm³/mol. The quantitative estimate of drug-likeness (QED) is 0.665. The first-order chi connectivity index (χ1) is 7.65. The molecule has 6 heteroatoms.